The number of hydrogen-bond acceptors (Lipinski definition) is 2. The third-order valence-corrected chi connectivity index (χ3v) is 0.357. The van der Waals surface area contributed by atoms with Crippen LogP contribution in [0.15, 0.2) is 0 Å². The van der Waals surface area contributed by atoms with Crippen molar-refractivity contribution in [1.29, 1.82) is 0 Å². The smallest absolute Gasteiger partial charge is 2.00 e. The van der Waals surface area contributed by atoms with Crippen LogP contribution in [0.2, 0.25) is 0 Å². The van der Waals surface area contributed by atoms with Crippen molar-refractivity contribution in [2.24, 2.45) is 0 Å². The Balaban J connectivity index is -0.0000000417. The number of aliphatic carboxylic acids is 1. The summed E-state index contributed by atoms with van der Waals surface area (Å²) in [6.07, 6.45) is -1.23. The number of hydrogen-bond donors (Lipinski definition) is 2. The van der Waals surface area contributed by atoms with E-state index in [1.54, 1.807) is 0 Å². The molecule has 0 aliphatic heterocycles. The molecular weight excluding hydrogens is 164 g/mol. The fourth-order valence-corrected chi connectivity index (χ4v) is 0. The first-order chi connectivity index (χ1) is 2.64. The normalized spacial score (nSPS) is 9.11. The Morgan fingerprint density at radius 3 is 1.56 bits per heavy atom. The van der Waals surface area contributed by atoms with Crippen molar-refractivity contribution in [2.45, 2.75) is 13.0 Å². The summed E-state index contributed by atoms with van der Waals surface area (Å²) in [5, 5.41) is 15.8. The summed E-state index contributed by atoms with van der Waals surface area (Å²) in [7, 11) is 0. The van der Waals surface area contributed by atoms with Crippen LogP contribution in [0.5, 0.6) is 0 Å². The van der Waals surface area contributed by atoms with Crippen molar-refractivity contribution in [3.05, 3.63) is 0 Å². The monoisotopic (exact) mass is 170 g/mol. The molecule has 0 bridgehead atoms. The van der Waals surface area contributed by atoms with Gasteiger partial charge in [0.15, 0.2) is 0 Å². The first-order valence-corrected chi connectivity index (χ1v) is 1.55. The molecule has 0 aromatic carbocycles. The molecule has 0 fully saturated rings. The van der Waals surface area contributed by atoms with Gasteiger partial charge in [-0.15, -0.1) is 0 Å². The molecule has 0 heterocycles. The second kappa shape index (κ2) is 10.9. The van der Waals surface area contributed by atoms with Gasteiger partial charge in [0.25, 0.3) is 0 Å². The third-order valence-electron chi connectivity index (χ3n) is 0.357. The zero-order chi connectivity index (χ0) is 5.15. The molecular formula is C3H6O5Ti. The van der Waals surface area contributed by atoms with Crippen LogP contribution in [-0.4, -0.2) is 22.3 Å². The third kappa shape index (κ3) is 18.0. The van der Waals surface area contributed by atoms with E-state index in [0.717, 1.165) is 0 Å². The van der Waals surface area contributed by atoms with Crippen LogP contribution >= 0.6 is 0 Å². The van der Waals surface area contributed by atoms with Crippen LogP contribution in [0, 0.1) is 0 Å². The van der Waals surface area contributed by atoms with Crippen LogP contribution in [0.4, 0.5) is 0 Å². The van der Waals surface area contributed by atoms with E-state index in [1.807, 2.05) is 0 Å². The standard InChI is InChI=1S/C3H6O3.2O.Ti/c1-2(4)3(5)6;;;/h2,4H,1H3,(H,5,6);;;/q;2*-2;+4. The van der Waals surface area contributed by atoms with Gasteiger partial charge in [0, 0.05) is 0 Å². The van der Waals surface area contributed by atoms with E-state index < -0.39 is 12.1 Å². The summed E-state index contributed by atoms with van der Waals surface area (Å²) in [4.78, 5) is 9.45. The molecule has 9 heavy (non-hydrogen) atoms. The van der Waals surface area contributed by atoms with Gasteiger partial charge >= 0.3 is 27.7 Å². The van der Waals surface area contributed by atoms with Crippen molar-refractivity contribution in [1.82, 2.24) is 0 Å². The van der Waals surface area contributed by atoms with Gasteiger partial charge < -0.3 is 21.2 Å². The fraction of sp³-hybridized carbons (Fsp3) is 0.667. The molecule has 0 saturated carbocycles. The van der Waals surface area contributed by atoms with Crippen LogP contribution in [0.3, 0.4) is 0 Å². The molecule has 6 heteroatoms. The molecule has 0 aliphatic carbocycles. The van der Waals surface area contributed by atoms with Gasteiger partial charge in [0.2, 0.25) is 0 Å². The summed E-state index contributed by atoms with van der Waals surface area (Å²) in [6, 6.07) is 0. The number of aliphatic hydroxyl groups is 1. The molecule has 52 valence electrons. The largest absolute Gasteiger partial charge is 4.00 e. The average molecular weight is 170 g/mol. The molecule has 1 atom stereocenters. The summed E-state index contributed by atoms with van der Waals surface area (Å²) < 4.78 is 0. The maximum Gasteiger partial charge on any atom is 4.00 e. The number of rotatable bonds is 1. The summed E-state index contributed by atoms with van der Waals surface area (Å²) >= 11 is 0. The summed E-state index contributed by atoms with van der Waals surface area (Å²) in [5.74, 6) is -1.19. The van der Waals surface area contributed by atoms with Crippen molar-refractivity contribution >= 4 is 5.97 Å². The molecule has 1 unspecified atom stereocenters. The minimum atomic E-state index is -1.23. The fourth-order valence-electron chi connectivity index (χ4n) is 0. The number of carboxylic acids is 1. The van der Waals surface area contributed by atoms with E-state index in [2.05, 4.69) is 0 Å². The molecule has 0 aromatic rings. The van der Waals surface area contributed by atoms with Crippen LogP contribution < -0.4 is 0 Å². The second-order valence-electron chi connectivity index (χ2n) is 1.01. The van der Waals surface area contributed by atoms with E-state index in [0.29, 0.717) is 0 Å². The number of carbonyl (C=O) groups is 1. The van der Waals surface area contributed by atoms with Gasteiger partial charge in [-0.3, -0.25) is 0 Å². The van der Waals surface area contributed by atoms with E-state index in [1.165, 1.54) is 6.92 Å². The maximum atomic E-state index is 9.45. The second-order valence-corrected chi connectivity index (χ2v) is 1.01. The van der Waals surface area contributed by atoms with Gasteiger partial charge in [-0.05, 0) is 6.92 Å². The molecule has 0 radical (unpaired) electrons. The maximum absolute atomic E-state index is 9.45. The SMILES string of the molecule is CC(O)C(=O)O.[O-2].[O-2].[Ti+4]. The molecule has 0 spiro atoms. The Morgan fingerprint density at radius 2 is 1.56 bits per heavy atom. The quantitative estimate of drug-likeness (QED) is 0.502. The average Bonchev–Trinajstić information content (AvgIpc) is 1.36. The van der Waals surface area contributed by atoms with Gasteiger partial charge in [0.1, 0.15) is 6.10 Å². The summed E-state index contributed by atoms with van der Waals surface area (Å²) in [6.45, 7) is 1.20. The zero-order valence-corrected chi connectivity index (χ0v) is 6.26. The van der Waals surface area contributed by atoms with Crippen molar-refractivity contribution in [3.63, 3.8) is 0 Å². The predicted octanol–water partition coefficient (Wildman–Crippen LogP) is -0.788. The Bertz CT molecular complexity index is 63.2. The van der Waals surface area contributed by atoms with Gasteiger partial charge in [-0.25, -0.2) is 4.79 Å². The molecule has 5 nitrogen and oxygen atoms in total. The minimum Gasteiger partial charge on any atom is -2.00 e. The number of carboxylic acid groups (broad SMARTS) is 1. The molecule has 0 amide bonds. The van der Waals surface area contributed by atoms with E-state index in [-0.39, 0.29) is 32.7 Å². The van der Waals surface area contributed by atoms with Crippen LogP contribution in [0.25, 0.3) is 0 Å². The predicted molar refractivity (Wildman–Crippen MR) is 20.7 cm³/mol. The van der Waals surface area contributed by atoms with Crippen molar-refractivity contribution in [3.8, 4) is 0 Å². The van der Waals surface area contributed by atoms with E-state index in [9.17, 15) is 4.79 Å². The summed E-state index contributed by atoms with van der Waals surface area (Å²) in [5.41, 5.74) is 0. The van der Waals surface area contributed by atoms with Crippen LogP contribution in [0.1, 0.15) is 6.92 Å². The van der Waals surface area contributed by atoms with Gasteiger partial charge in [0.05, 0.1) is 0 Å². The Kier molecular flexibility index (Phi) is 27.9. The molecule has 2 N–H and O–H groups in total. The van der Waals surface area contributed by atoms with Crippen molar-refractivity contribution < 1.29 is 47.7 Å². The molecule has 0 saturated heterocycles. The molecule has 0 rings (SSSR count). The van der Waals surface area contributed by atoms with E-state index >= 15 is 0 Å². The Morgan fingerprint density at radius 1 is 1.44 bits per heavy atom. The topological polar surface area (TPSA) is 115 Å². The first-order valence-electron chi connectivity index (χ1n) is 1.55. The zero-order valence-electron chi connectivity index (χ0n) is 4.70. The van der Waals surface area contributed by atoms with Gasteiger partial charge in [-0.2, -0.15) is 0 Å². The van der Waals surface area contributed by atoms with Crippen molar-refractivity contribution in [2.75, 3.05) is 0 Å². The first kappa shape index (κ1) is 23.0. The number of aliphatic hydroxyl groups excluding tert-OH is 1. The van der Waals surface area contributed by atoms with Crippen LogP contribution in [-0.2, 0) is 37.5 Å². The minimum absolute atomic E-state index is 0. The molecule has 0 aliphatic rings. The Labute approximate surface area is 67.2 Å². The van der Waals surface area contributed by atoms with Gasteiger partial charge in [-0.1, -0.05) is 0 Å². The van der Waals surface area contributed by atoms with E-state index in [4.69, 9.17) is 10.2 Å². The Hall–Kier alpha value is 0.0643. The molecule has 0 aromatic heterocycles.